The lowest BCUT2D eigenvalue weighted by atomic mass is 10.4. The van der Waals surface area contributed by atoms with Crippen LogP contribution >= 0.6 is 0 Å². The van der Waals surface area contributed by atoms with Crippen LogP contribution in [0.15, 0.2) is 18.7 Å². The topological polar surface area (TPSA) is 60.6 Å². The van der Waals surface area contributed by atoms with Crippen molar-refractivity contribution in [1.29, 1.82) is 0 Å². The minimum atomic E-state index is 0.662. The van der Waals surface area contributed by atoms with Gasteiger partial charge in [0.25, 0.3) is 0 Å². The molecule has 17 heavy (non-hydrogen) atoms. The smallest absolute Gasteiger partial charge is 0.203 e. The summed E-state index contributed by atoms with van der Waals surface area (Å²) in [5.74, 6) is 1.96. The molecule has 6 heteroatoms. The number of imidazole rings is 1. The van der Waals surface area contributed by atoms with Crippen LogP contribution in [0.2, 0.25) is 0 Å². The van der Waals surface area contributed by atoms with Crippen LogP contribution in [0.4, 0.5) is 5.95 Å². The average molecular weight is 232 g/mol. The molecule has 90 valence electrons. The summed E-state index contributed by atoms with van der Waals surface area (Å²) in [5, 5.41) is 11.3. The first-order valence-corrected chi connectivity index (χ1v) is 5.94. The largest absolute Gasteiger partial charge is 0.355 e. The highest BCUT2D eigenvalue weighted by molar-refractivity contribution is 5.27. The standard InChI is InChI=1S/C11H16N6/c1-16-8-14-15-10(16)4-5-12-11-13-6-7-17(11)9-2-3-9/h6-9H,2-5H2,1H3,(H,12,13). The van der Waals surface area contributed by atoms with Crippen molar-refractivity contribution in [2.75, 3.05) is 11.9 Å². The van der Waals surface area contributed by atoms with Crippen LogP contribution in [0.25, 0.3) is 0 Å². The normalized spacial score (nSPS) is 15.1. The van der Waals surface area contributed by atoms with Gasteiger partial charge in [0.2, 0.25) is 5.95 Å². The van der Waals surface area contributed by atoms with E-state index in [0.29, 0.717) is 6.04 Å². The number of anilines is 1. The second-order valence-corrected chi connectivity index (χ2v) is 4.42. The van der Waals surface area contributed by atoms with Gasteiger partial charge in [0.05, 0.1) is 0 Å². The third kappa shape index (κ3) is 2.15. The van der Waals surface area contributed by atoms with Gasteiger partial charge < -0.3 is 14.5 Å². The van der Waals surface area contributed by atoms with Crippen LogP contribution in [0, 0.1) is 0 Å². The molecule has 1 aliphatic carbocycles. The summed E-state index contributed by atoms with van der Waals surface area (Å²) in [6, 6.07) is 0.662. The van der Waals surface area contributed by atoms with Crippen molar-refractivity contribution in [3.63, 3.8) is 0 Å². The van der Waals surface area contributed by atoms with Crippen molar-refractivity contribution in [2.24, 2.45) is 7.05 Å². The van der Waals surface area contributed by atoms with Crippen LogP contribution in [-0.4, -0.2) is 30.9 Å². The number of nitrogens with one attached hydrogen (secondary N) is 1. The van der Waals surface area contributed by atoms with E-state index in [2.05, 4.69) is 25.1 Å². The lowest BCUT2D eigenvalue weighted by Crippen LogP contribution is -2.12. The maximum Gasteiger partial charge on any atom is 0.203 e. The molecular formula is C11H16N6. The van der Waals surface area contributed by atoms with Gasteiger partial charge in [-0.05, 0) is 12.8 Å². The summed E-state index contributed by atoms with van der Waals surface area (Å²) in [4.78, 5) is 4.33. The van der Waals surface area contributed by atoms with Crippen molar-refractivity contribution in [2.45, 2.75) is 25.3 Å². The van der Waals surface area contributed by atoms with Gasteiger partial charge in [0, 0.05) is 38.4 Å². The number of hydrogen-bond donors (Lipinski definition) is 1. The van der Waals surface area contributed by atoms with Crippen molar-refractivity contribution in [3.8, 4) is 0 Å². The highest BCUT2D eigenvalue weighted by Crippen LogP contribution is 2.36. The van der Waals surface area contributed by atoms with Gasteiger partial charge in [-0.25, -0.2) is 4.98 Å². The molecule has 0 bridgehead atoms. The summed E-state index contributed by atoms with van der Waals surface area (Å²) in [5.41, 5.74) is 0. The zero-order valence-electron chi connectivity index (χ0n) is 9.87. The molecular weight excluding hydrogens is 216 g/mol. The predicted octanol–water partition coefficient (Wildman–Crippen LogP) is 1.00. The third-order valence-electron chi connectivity index (χ3n) is 3.05. The Hall–Kier alpha value is -1.85. The Labute approximate surface area is 99.7 Å². The van der Waals surface area contributed by atoms with E-state index in [-0.39, 0.29) is 0 Å². The first-order chi connectivity index (χ1) is 8.34. The number of rotatable bonds is 5. The van der Waals surface area contributed by atoms with Gasteiger partial charge in [0.15, 0.2) is 0 Å². The summed E-state index contributed by atoms with van der Waals surface area (Å²) in [6.07, 6.45) is 9.02. The minimum Gasteiger partial charge on any atom is -0.355 e. The van der Waals surface area contributed by atoms with E-state index in [1.54, 1.807) is 6.33 Å². The molecule has 1 fully saturated rings. The Kier molecular flexibility index (Phi) is 2.55. The van der Waals surface area contributed by atoms with Crippen LogP contribution in [0.3, 0.4) is 0 Å². The number of aryl methyl sites for hydroxylation is 1. The highest BCUT2D eigenvalue weighted by Gasteiger charge is 2.25. The van der Waals surface area contributed by atoms with Crippen molar-refractivity contribution < 1.29 is 0 Å². The second kappa shape index (κ2) is 4.20. The summed E-state index contributed by atoms with van der Waals surface area (Å²) < 4.78 is 4.16. The lowest BCUT2D eigenvalue weighted by molar-refractivity contribution is 0.734. The van der Waals surface area contributed by atoms with Crippen molar-refractivity contribution >= 4 is 5.95 Å². The summed E-state index contributed by atoms with van der Waals surface area (Å²) in [7, 11) is 1.96. The molecule has 2 aromatic rings. The van der Waals surface area contributed by atoms with Gasteiger partial charge in [0.1, 0.15) is 12.2 Å². The zero-order chi connectivity index (χ0) is 11.7. The molecule has 0 amide bonds. The van der Waals surface area contributed by atoms with Gasteiger partial charge in [-0.2, -0.15) is 0 Å². The molecule has 0 aliphatic heterocycles. The zero-order valence-corrected chi connectivity index (χ0v) is 9.87. The fourth-order valence-electron chi connectivity index (χ4n) is 1.92. The van der Waals surface area contributed by atoms with Crippen LogP contribution < -0.4 is 5.32 Å². The molecule has 0 saturated heterocycles. The summed E-state index contributed by atoms with van der Waals surface area (Å²) >= 11 is 0. The maximum atomic E-state index is 4.33. The Morgan fingerprint density at radius 2 is 2.35 bits per heavy atom. The maximum absolute atomic E-state index is 4.33. The number of nitrogens with zero attached hydrogens (tertiary/aromatic N) is 5. The van der Waals surface area contributed by atoms with E-state index in [1.807, 2.05) is 24.0 Å². The molecule has 0 radical (unpaired) electrons. The molecule has 6 nitrogen and oxygen atoms in total. The quantitative estimate of drug-likeness (QED) is 0.835. The van der Waals surface area contributed by atoms with E-state index in [4.69, 9.17) is 0 Å². The molecule has 3 rings (SSSR count). The summed E-state index contributed by atoms with van der Waals surface area (Å²) in [6.45, 7) is 0.830. The molecule has 0 atom stereocenters. The van der Waals surface area contributed by atoms with Gasteiger partial charge in [-0.3, -0.25) is 0 Å². The predicted molar refractivity (Wildman–Crippen MR) is 63.7 cm³/mol. The highest BCUT2D eigenvalue weighted by atomic mass is 15.3. The van der Waals surface area contributed by atoms with Crippen LogP contribution in [0.5, 0.6) is 0 Å². The van der Waals surface area contributed by atoms with E-state index >= 15 is 0 Å². The molecule has 1 aliphatic rings. The van der Waals surface area contributed by atoms with Gasteiger partial charge >= 0.3 is 0 Å². The Morgan fingerprint density at radius 3 is 3.06 bits per heavy atom. The third-order valence-corrected chi connectivity index (χ3v) is 3.05. The lowest BCUT2D eigenvalue weighted by Gasteiger charge is -2.08. The molecule has 1 N–H and O–H groups in total. The number of aromatic nitrogens is 5. The fourth-order valence-corrected chi connectivity index (χ4v) is 1.92. The van der Waals surface area contributed by atoms with Crippen LogP contribution in [-0.2, 0) is 13.5 Å². The van der Waals surface area contributed by atoms with E-state index in [1.165, 1.54) is 12.8 Å². The molecule has 0 unspecified atom stereocenters. The SMILES string of the molecule is Cn1cnnc1CCNc1nccn1C1CC1. The Bertz CT molecular complexity index is 496. The Morgan fingerprint density at radius 1 is 1.47 bits per heavy atom. The van der Waals surface area contributed by atoms with E-state index < -0.39 is 0 Å². The molecule has 2 heterocycles. The first-order valence-electron chi connectivity index (χ1n) is 5.94. The first kappa shape index (κ1) is 10.3. The molecule has 0 spiro atoms. The average Bonchev–Trinajstić information content (AvgIpc) is 2.93. The van der Waals surface area contributed by atoms with Crippen molar-refractivity contribution in [1.82, 2.24) is 24.3 Å². The second-order valence-electron chi connectivity index (χ2n) is 4.42. The molecule has 1 saturated carbocycles. The van der Waals surface area contributed by atoms with Crippen LogP contribution in [0.1, 0.15) is 24.7 Å². The van der Waals surface area contributed by atoms with Gasteiger partial charge in [-0.1, -0.05) is 0 Å². The molecule has 0 aromatic carbocycles. The van der Waals surface area contributed by atoms with E-state index in [9.17, 15) is 0 Å². The van der Waals surface area contributed by atoms with Crippen molar-refractivity contribution in [3.05, 3.63) is 24.5 Å². The Balaban J connectivity index is 1.57. The minimum absolute atomic E-state index is 0.662. The van der Waals surface area contributed by atoms with Gasteiger partial charge in [-0.15, -0.1) is 10.2 Å². The fraction of sp³-hybridized carbons (Fsp3) is 0.545. The monoisotopic (exact) mass is 232 g/mol. The van der Waals surface area contributed by atoms with E-state index in [0.717, 1.165) is 24.7 Å². The number of hydrogen-bond acceptors (Lipinski definition) is 4. The molecule has 2 aromatic heterocycles.